The number of hydrogen-bond donors (Lipinski definition) is 1. The van der Waals surface area contributed by atoms with Crippen LogP contribution in [0.5, 0.6) is 5.75 Å². The highest BCUT2D eigenvalue weighted by Crippen LogP contribution is 2.61. The molecule has 3 aliphatic rings. The van der Waals surface area contributed by atoms with Gasteiger partial charge in [0.15, 0.2) is 12.0 Å². The summed E-state index contributed by atoms with van der Waals surface area (Å²) in [5.41, 5.74) is 4.47. The summed E-state index contributed by atoms with van der Waals surface area (Å²) in [5.74, 6) is 1.25. The molecule has 5 rings (SSSR count). The van der Waals surface area contributed by atoms with E-state index in [2.05, 4.69) is 37.3 Å². The molecule has 3 heteroatoms. The number of Topliss-reactive ketones (excluding diaryl/α,β-unsaturated/α-hetero) is 1. The lowest BCUT2D eigenvalue weighted by Gasteiger charge is -2.49. The van der Waals surface area contributed by atoms with Crippen LogP contribution in [0.3, 0.4) is 0 Å². The highest BCUT2D eigenvalue weighted by atomic mass is 19.1. The molecular weight excluding hydrogens is 375 g/mol. The van der Waals surface area contributed by atoms with Crippen molar-refractivity contribution >= 4 is 5.78 Å². The standard InChI is InChI=1S/C27H31FO2/c1-2-27-13-12-20-21(23(27)16-24(28)26(27)30)11-10-18-15-25(29)19(14-22(18)20)9-8-17-6-4-3-5-7-17/h3-7,14-15,20-21,23-24,29H,2,8-13,16H2,1H3/t20-,21+,23-,24-,27-/m0/s1. The maximum Gasteiger partial charge on any atom is 0.173 e. The molecule has 5 atom stereocenters. The number of fused-ring (bicyclic) bond motifs is 5. The molecule has 0 radical (unpaired) electrons. The van der Waals surface area contributed by atoms with Gasteiger partial charge in [-0.2, -0.15) is 0 Å². The lowest BCUT2D eigenvalue weighted by Crippen LogP contribution is -2.44. The first-order valence-corrected chi connectivity index (χ1v) is 11.6. The van der Waals surface area contributed by atoms with Gasteiger partial charge in [0.1, 0.15) is 5.75 Å². The lowest BCUT2D eigenvalue weighted by atomic mass is 9.54. The Morgan fingerprint density at radius 1 is 1.13 bits per heavy atom. The largest absolute Gasteiger partial charge is 0.508 e. The molecule has 0 aromatic heterocycles. The minimum absolute atomic E-state index is 0.117. The van der Waals surface area contributed by atoms with Crippen LogP contribution in [0.25, 0.3) is 0 Å². The summed E-state index contributed by atoms with van der Waals surface area (Å²) < 4.78 is 14.5. The van der Waals surface area contributed by atoms with E-state index in [1.807, 2.05) is 12.1 Å². The first-order chi connectivity index (χ1) is 14.5. The highest BCUT2D eigenvalue weighted by molar-refractivity contribution is 5.91. The van der Waals surface area contributed by atoms with E-state index in [-0.39, 0.29) is 11.7 Å². The first kappa shape index (κ1) is 19.8. The second-order valence-corrected chi connectivity index (χ2v) is 9.70. The number of carbonyl (C=O) groups excluding carboxylic acids is 1. The van der Waals surface area contributed by atoms with E-state index < -0.39 is 11.6 Å². The zero-order valence-electron chi connectivity index (χ0n) is 17.7. The average molecular weight is 407 g/mol. The Bertz CT molecular complexity index is 953. The normalized spacial score (nSPS) is 32.4. The molecule has 30 heavy (non-hydrogen) atoms. The van der Waals surface area contributed by atoms with E-state index in [1.54, 1.807) is 0 Å². The summed E-state index contributed by atoms with van der Waals surface area (Å²) in [5, 5.41) is 10.6. The van der Waals surface area contributed by atoms with Gasteiger partial charge < -0.3 is 5.11 Å². The summed E-state index contributed by atoms with van der Waals surface area (Å²) in [4.78, 5) is 12.7. The molecule has 0 amide bonds. The monoisotopic (exact) mass is 406 g/mol. The van der Waals surface area contributed by atoms with E-state index in [1.165, 1.54) is 16.7 Å². The number of halogens is 1. The van der Waals surface area contributed by atoms with Gasteiger partial charge >= 0.3 is 0 Å². The highest BCUT2D eigenvalue weighted by Gasteiger charge is 2.60. The number of aryl methyl sites for hydroxylation is 3. The van der Waals surface area contributed by atoms with Crippen molar-refractivity contribution in [1.82, 2.24) is 0 Å². The zero-order valence-corrected chi connectivity index (χ0v) is 17.7. The Balaban J connectivity index is 1.44. The topological polar surface area (TPSA) is 37.3 Å². The van der Waals surface area contributed by atoms with Crippen LogP contribution in [0, 0.1) is 17.3 Å². The van der Waals surface area contributed by atoms with Crippen molar-refractivity contribution in [3.05, 3.63) is 64.7 Å². The summed E-state index contributed by atoms with van der Waals surface area (Å²) in [6.45, 7) is 2.07. The third-order valence-corrected chi connectivity index (χ3v) is 8.52. The minimum atomic E-state index is -1.27. The smallest absolute Gasteiger partial charge is 0.173 e. The number of carbonyl (C=O) groups is 1. The van der Waals surface area contributed by atoms with Gasteiger partial charge in [0.2, 0.25) is 0 Å². The number of phenols is 1. The van der Waals surface area contributed by atoms with Crippen LogP contribution in [0.4, 0.5) is 4.39 Å². The molecule has 2 saturated carbocycles. The average Bonchev–Trinajstić information content (AvgIpc) is 3.03. The van der Waals surface area contributed by atoms with Gasteiger partial charge in [-0.1, -0.05) is 43.3 Å². The summed E-state index contributed by atoms with van der Waals surface area (Å²) in [6, 6.07) is 14.6. The van der Waals surface area contributed by atoms with Crippen molar-refractivity contribution in [2.45, 2.75) is 70.4 Å². The molecular formula is C27H31FO2. The number of benzene rings is 2. The predicted molar refractivity (Wildman–Crippen MR) is 116 cm³/mol. The van der Waals surface area contributed by atoms with Gasteiger partial charge in [0.25, 0.3) is 0 Å². The van der Waals surface area contributed by atoms with Gasteiger partial charge in [-0.3, -0.25) is 4.79 Å². The van der Waals surface area contributed by atoms with E-state index in [0.717, 1.165) is 50.5 Å². The molecule has 158 valence electrons. The summed E-state index contributed by atoms with van der Waals surface area (Å²) in [6.07, 6.45) is 5.34. The Labute approximate surface area is 178 Å². The van der Waals surface area contributed by atoms with Crippen LogP contribution >= 0.6 is 0 Å². The molecule has 0 saturated heterocycles. The van der Waals surface area contributed by atoms with Gasteiger partial charge in [-0.05, 0) is 97.4 Å². The summed E-state index contributed by atoms with van der Waals surface area (Å²) in [7, 11) is 0. The second kappa shape index (κ2) is 7.51. The molecule has 2 aromatic rings. The molecule has 0 aliphatic heterocycles. The number of aromatic hydroxyl groups is 1. The number of alkyl halides is 1. The van der Waals surface area contributed by atoms with Gasteiger partial charge in [0.05, 0.1) is 0 Å². The fraction of sp³-hybridized carbons (Fsp3) is 0.519. The van der Waals surface area contributed by atoms with Gasteiger partial charge in [-0.25, -0.2) is 4.39 Å². The number of ketones is 1. The molecule has 0 unspecified atom stereocenters. The van der Waals surface area contributed by atoms with Crippen LogP contribution in [0.1, 0.15) is 67.2 Å². The van der Waals surface area contributed by atoms with E-state index in [9.17, 15) is 14.3 Å². The second-order valence-electron chi connectivity index (χ2n) is 9.70. The zero-order chi connectivity index (χ0) is 20.9. The third kappa shape index (κ3) is 3.01. The number of phenolic OH excluding ortho intramolecular Hbond substituents is 1. The Morgan fingerprint density at radius 2 is 1.93 bits per heavy atom. The van der Waals surface area contributed by atoms with Crippen LogP contribution in [-0.2, 0) is 24.1 Å². The SMILES string of the molecule is CC[C@]12CC[C@@H]3c4cc(CCc5ccccc5)c(O)cc4CC[C@H]3[C@@H]1C[C@H](F)C2=O. The Morgan fingerprint density at radius 3 is 2.70 bits per heavy atom. The molecule has 1 N–H and O–H groups in total. The number of hydrogen-bond acceptors (Lipinski definition) is 2. The Kier molecular flexibility index (Phi) is 4.95. The van der Waals surface area contributed by atoms with Crippen molar-refractivity contribution in [2.75, 3.05) is 0 Å². The summed E-state index contributed by atoms with van der Waals surface area (Å²) >= 11 is 0. The van der Waals surface area contributed by atoms with Crippen molar-refractivity contribution in [3.63, 3.8) is 0 Å². The maximum absolute atomic E-state index is 14.5. The molecule has 2 nitrogen and oxygen atoms in total. The van der Waals surface area contributed by atoms with Gasteiger partial charge in [-0.15, -0.1) is 0 Å². The maximum atomic E-state index is 14.5. The van der Waals surface area contributed by atoms with E-state index in [0.29, 0.717) is 24.0 Å². The molecule has 0 heterocycles. The Hall–Kier alpha value is -2.16. The molecule has 0 bridgehead atoms. The minimum Gasteiger partial charge on any atom is -0.508 e. The fourth-order valence-corrected chi connectivity index (χ4v) is 6.96. The van der Waals surface area contributed by atoms with Crippen LogP contribution in [0.2, 0.25) is 0 Å². The lowest BCUT2D eigenvalue weighted by molar-refractivity contribution is -0.134. The molecule has 3 aliphatic carbocycles. The van der Waals surface area contributed by atoms with Crippen molar-refractivity contribution in [1.29, 1.82) is 0 Å². The quantitative estimate of drug-likeness (QED) is 0.682. The first-order valence-electron chi connectivity index (χ1n) is 11.6. The van der Waals surface area contributed by atoms with Crippen molar-refractivity contribution < 1.29 is 14.3 Å². The number of rotatable bonds is 4. The molecule has 2 fully saturated rings. The van der Waals surface area contributed by atoms with Crippen LogP contribution < -0.4 is 0 Å². The third-order valence-electron chi connectivity index (χ3n) is 8.52. The molecule has 2 aromatic carbocycles. The van der Waals surface area contributed by atoms with E-state index >= 15 is 0 Å². The van der Waals surface area contributed by atoms with Crippen molar-refractivity contribution in [2.24, 2.45) is 17.3 Å². The van der Waals surface area contributed by atoms with Crippen LogP contribution in [0.15, 0.2) is 42.5 Å². The predicted octanol–water partition coefficient (Wildman–Crippen LogP) is 5.94. The van der Waals surface area contributed by atoms with Crippen LogP contribution in [-0.4, -0.2) is 17.1 Å². The molecule has 0 spiro atoms. The van der Waals surface area contributed by atoms with E-state index in [4.69, 9.17) is 0 Å². The fourth-order valence-electron chi connectivity index (χ4n) is 6.96. The van der Waals surface area contributed by atoms with Crippen molar-refractivity contribution in [3.8, 4) is 5.75 Å². The van der Waals surface area contributed by atoms with Gasteiger partial charge in [0, 0.05) is 5.41 Å².